The first-order chi connectivity index (χ1) is 13.0. The Hall–Kier alpha value is -2.14. The highest BCUT2D eigenvalue weighted by molar-refractivity contribution is 5.28. The fraction of sp³-hybridized carbons (Fsp3) is 0.455. The van der Waals surface area contributed by atoms with Gasteiger partial charge in [-0.05, 0) is 60.4 Å². The lowest BCUT2D eigenvalue weighted by atomic mass is 10.0. The van der Waals surface area contributed by atoms with Crippen LogP contribution >= 0.6 is 0 Å². The third kappa shape index (κ3) is 4.08. The number of nitrogens with zero attached hydrogens (tertiary/aromatic N) is 1. The third-order valence-corrected chi connectivity index (χ3v) is 5.97. The van der Waals surface area contributed by atoms with E-state index in [-0.39, 0.29) is 6.10 Å². The molecule has 4 rings (SSSR count). The summed E-state index contributed by atoms with van der Waals surface area (Å²) in [5, 5.41) is 9.43. The molecule has 0 aromatic heterocycles. The SMILES string of the molecule is CC(CN1C[C@H]2C[C@H](Oc3ccc(F)c(F)c3)C[C@H]2C1)c1ccc(O)cc1. The van der Waals surface area contributed by atoms with Crippen LogP contribution in [0.15, 0.2) is 42.5 Å². The van der Waals surface area contributed by atoms with E-state index in [1.807, 2.05) is 12.1 Å². The molecular formula is C22H25F2NO2. The first kappa shape index (κ1) is 18.2. The van der Waals surface area contributed by atoms with E-state index < -0.39 is 11.6 Å². The summed E-state index contributed by atoms with van der Waals surface area (Å²) in [6, 6.07) is 11.2. The summed E-state index contributed by atoms with van der Waals surface area (Å²) < 4.78 is 32.3. The molecule has 2 aromatic carbocycles. The molecule has 1 heterocycles. The van der Waals surface area contributed by atoms with Gasteiger partial charge in [0.05, 0.1) is 6.10 Å². The summed E-state index contributed by atoms with van der Waals surface area (Å²) >= 11 is 0. The molecule has 0 spiro atoms. The normalized spacial score (nSPS) is 26.1. The highest BCUT2D eigenvalue weighted by Gasteiger charge is 2.42. The Balaban J connectivity index is 1.29. The summed E-state index contributed by atoms with van der Waals surface area (Å²) in [4.78, 5) is 2.51. The van der Waals surface area contributed by atoms with Crippen molar-refractivity contribution in [3.63, 3.8) is 0 Å². The smallest absolute Gasteiger partial charge is 0.162 e. The maximum absolute atomic E-state index is 13.3. The molecule has 1 aliphatic heterocycles. The molecule has 144 valence electrons. The van der Waals surface area contributed by atoms with Gasteiger partial charge in [0.1, 0.15) is 11.5 Å². The number of halogens is 2. The van der Waals surface area contributed by atoms with E-state index in [0.717, 1.165) is 44.6 Å². The Morgan fingerprint density at radius 2 is 1.70 bits per heavy atom. The minimum Gasteiger partial charge on any atom is -0.508 e. The molecule has 1 saturated carbocycles. The first-order valence-corrected chi connectivity index (χ1v) is 9.61. The van der Waals surface area contributed by atoms with Crippen LogP contribution in [0.3, 0.4) is 0 Å². The summed E-state index contributed by atoms with van der Waals surface area (Å²) in [6.07, 6.45) is 2.02. The Morgan fingerprint density at radius 3 is 2.33 bits per heavy atom. The highest BCUT2D eigenvalue weighted by atomic mass is 19.2. The molecule has 5 heteroatoms. The van der Waals surface area contributed by atoms with Crippen LogP contribution < -0.4 is 4.74 Å². The molecule has 4 atom stereocenters. The second-order valence-electron chi connectivity index (χ2n) is 8.02. The molecular weight excluding hydrogens is 348 g/mol. The first-order valence-electron chi connectivity index (χ1n) is 9.61. The van der Waals surface area contributed by atoms with Crippen molar-refractivity contribution < 1.29 is 18.6 Å². The molecule has 27 heavy (non-hydrogen) atoms. The molecule has 2 fully saturated rings. The lowest BCUT2D eigenvalue weighted by molar-refractivity contribution is 0.183. The van der Waals surface area contributed by atoms with Crippen LogP contribution in [0.1, 0.15) is 31.2 Å². The number of phenols is 1. The number of likely N-dealkylation sites (tertiary alicyclic amines) is 1. The van der Waals surface area contributed by atoms with Gasteiger partial charge in [0.15, 0.2) is 11.6 Å². The largest absolute Gasteiger partial charge is 0.508 e. The van der Waals surface area contributed by atoms with E-state index in [4.69, 9.17) is 4.74 Å². The summed E-state index contributed by atoms with van der Waals surface area (Å²) in [5.41, 5.74) is 1.24. The number of hydrogen-bond acceptors (Lipinski definition) is 3. The van der Waals surface area contributed by atoms with Gasteiger partial charge in [0.2, 0.25) is 0 Å². The fourth-order valence-corrected chi connectivity index (χ4v) is 4.62. The van der Waals surface area contributed by atoms with Gasteiger partial charge in [-0.3, -0.25) is 0 Å². The van der Waals surface area contributed by atoms with Crippen molar-refractivity contribution in [2.45, 2.75) is 31.8 Å². The molecule has 1 aliphatic carbocycles. The molecule has 1 saturated heterocycles. The zero-order valence-electron chi connectivity index (χ0n) is 15.4. The van der Waals surface area contributed by atoms with Crippen LogP contribution in [-0.2, 0) is 0 Å². The van der Waals surface area contributed by atoms with Gasteiger partial charge in [-0.25, -0.2) is 8.78 Å². The van der Waals surface area contributed by atoms with Gasteiger partial charge in [-0.15, -0.1) is 0 Å². The van der Waals surface area contributed by atoms with Crippen LogP contribution in [0.25, 0.3) is 0 Å². The van der Waals surface area contributed by atoms with E-state index in [0.29, 0.717) is 29.3 Å². The Bertz CT molecular complexity index is 781. The van der Waals surface area contributed by atoms with Crippen LogP contribution in [0.5, 0.6) is 11.5 Å². The Labute approximate surface area is 158 Å². The maximum Gasteiger partial charge on any atom is 0.162 e. The standard InChI is InChI=1S/C22H25F2NO2/c1-14(15-2-4-18(26)5-3-15)11-25-12-16-8-20(9-17(16)13-25)27-19-6-7-21(23)22(24)10-19/h2-7,10,14,16-17,20,26H,8-9,11-13H2,1H3/t14?,16-,17+,20+. The number of fused-ring (bicyclic) bond motifs is 1. The van der Waals surface area contributed by atoms with Crippen LogP contribution in [0.4, 0.5) is 8.78 Å². The van der Waals surface area contributed by atoms with E-state index >= 15 is 0 Å². The zero-order valence-corrected chi connectivity index (χ0v) is 15.4. The number of ether oxygens (including phenoxy) is 1. The van der Waals surface area contributed by atoms with Gasteiger partial charge >= 0.3 is 0 Å². The lowest BCUT2D eigenvalue weighted by Gasteiger charge is -2.23. The second-order valence-corrected chi connectivity index (χ2v) is 8.02. The minimum atomic E-state index is -0.861. The van der Waals surface area contributed by atoms with Crippen molar-refractivity contribution >= 4 is 0 Å². The van der Waals surface area contributed by atoms with Crippen molar-refractivity contribution in [3.05, 3.63) is 59.7 Å². The van der Waals surface area contributed by atoms with Crippen LogP contribution in [-0.4, -0.2) is 35.7 Å². The van der Waals surface area contributed by atoms with Crippen molar-refractivity contribution in [1.29, 1.82) is 0 Å². The molecule has 3 nitrogen and oxygen atoms in total. The predicted octanol–water partition coefficient (Wildman–Crippen LogP) is 4.56. The summed E-state index contributed by atoms with van der Waals surface area (Å²) in [5.74, 6) is 0.632. The number of rotatable bonds is 5. The predicted molar refractivity (Wildman–Crippen MR) is 99.9 cm³/mol. The molecule has 0 bridgehead atoms. The average molecular weight is 373 g/mol. The monoisotopic (exact) mass is 373 g/mol. The number of hydrogen-bond donors (Lipinski definition) is 1. The number of phenolic OH excluding ortho intramolecular Hbond substituents is 1. The lowest BCUT2D eigenvalue weighted by Crippen LogP contribution is -2.28. The van der Waals surface area contributed by atoms with E-state index in [9.17, 15) is 13.9 Å². The Kier molecular flexibility index (Phi) is 5.04. The van der Waals surface area contributed by atoms with E-state index in [2.05, 4.69) is 11.8 Å². The van der Waals surface area contributed by atoms with Gasteiger partial charge in [0, 0.05) is 25.7 Å². The summed E-state index contributed by atoms with van der Waals surface area (Å²) in [6.45, 7) is 5.34. The molecule has 2 aliphatic rings. The number of aromatic hydroxyl groups is 1. The Morgan fingerprint density at radius 1 is 1.04 bits per heavy atom. The van der Waals surface area contributed by atoms with Crippen LogP contribution in [0, 0.1) is 23.5 Å². The van der Waals surface area contributed by atoms with Gasteiger partial charge in [0.25, 0.3) is 0 Å². The molecule has 1 unspecified atom stereocenters. The molecule has 2 aromatic rings. The highest BCUT2D eigenvalue weighted by Crippen LogP contribution is 2.40. The second kappa shape index (κ2) is 7.47. The van der Waals surface area contributed by atoms with Gasteiger partial charge in [-0.2, -0.15) is 0 Å². The summed E-state index contributed by atoms with van der Waals surface area (Å²) in [7, 11) is 0. The average Bonchev–Trinajstić information content (AvgIpc) is 3.16. The van der Waals surface area contributed by atoms with Crippen LogP contribution in [0.2, 0.25) is 0 Å². The molecule has 0 amide bonds. The van der Waals surface area contributed by atoms with Crippen molar-refractivity contribution in [2.75, 3.05) is 19.6 Å². The fourth-order valence-electron chi connectivity index (χ4n) is 4.62. The maximum atomic E-state index is 13.3. The number of benzene rings is 2. The zero-order chi connectivity index (χ0) is 19.0. The van der Waals surface area contributed by atoms with Crippen molar-refractivity contribution in [3.8, 4) is 11.5 Å². The van der Waals surface area contributed by atoms with Crippen molar-refractivity contribution in [2.24, 2.45) is 11.8 Å². The van der Waals surface area contributed by atoms with Gasteiger partial charge < -0.3 is 14.7 Å². The quantitative estimate of drug-likeness (QED) is 0.834. The third-order valence-electron chi connectivity index (χ3n) is 5.97. The van der Waals surface area contributed by atoms with Crippen molar-refractivity contribution in [1.82, 2.24) is 4.90 Å². The molecule has 0 radical (unpaired) electrons. The topological polar surface area (TPSA) is 32.7 Å². The van der Waals surface area contributed by atoms with Gasteiger partial charge in [-0.1, -0.05) is 19.1 Å². The molecule has 1 N–H and O–H groups in total. The van der Waals surface area contributed by atoms with E-state index in [1.54, 1.807) is 12.1 Å². The van der Waals surface area contributed by atoms with E-state index in [1.165, 1.54) is 11.6 Å². The minimum absolute atomic E-state index is 0.0848.